The molecule has 25 heavy (non-hydrogen) atoms. The van der Waals surface area contributed by atoms with Crippen LogP contribution >= 0.6 is 0 Å². The molecule has 0 spiro atoms. The molecule has 4 rings (SSSR count). The summed E-state index contributed by atoms with van der Waals surface area (Å²) in [5, 5.41) is 11.6. The molecule has 134 valence electrons. The van der Waals surface area contributed by atoms with Crippen molar-refractivity contribution in [1.29, 1.82) is 0 Å². The molecule has 2 aromatic rings. The second-order valence-corrected chi connectivity index (χ2v) is 6.99. The highest BCUT2D eigenvalue weighted by Gasteiger charge is 2.34. The van der Waals surface area contributed by atoms with Crippen LogP contribution in [0, 0.1) is 0 Å². The molecule has 0 saturated carbocycles. The number of benzene rings is 1. The van der Waals surface area contributed by atoms with Crippen LogP contribution in [0.25, 0.3) is 10.8 Å². The zero-order chi connectivity index (χ0) is 17.4. The minimum atomic E-state index is -0.385. The van der Waals surface area contributed by atoms with Crippen molar-refractivity contribution in [2.45, 2.75) is 30.9 Å². The van der Waals surface area contributed by atoms with E-state index in [4.69, 9.17) is 9.47 Å². The molecule has 0 radical (unpaired) electrons. The summed E-state index contributed by atoms with van der Waals surface area (Å²) in [6.07, 6.45) is 1.55. The zero-order valence-electron chi connectivity index (χ0n) is 14.4. The molecule has 2 aliphatic rings. The Balaban J connectivity index is 1.53. The van der Waals surface area contributed by atoms with E-state index in [-0.39, 0.29) is 17.7 Å². The number of nitrogens with one attached hydrogen (secondary N) is 1. The summed E-state index contributed by atoms with van der Waals surface area (Å²) in [5.74, 6) is 1.09. The van der Waals surface area contributed by atoms with E-state index in [9.17, 15) is 9.90 Å². The van der Waals surface area contributed by atoms with Gasteiger partial charge in [0.25, 0.3) is 5.56 Å². The molecular formula is C19H24N2O4. The predicted molar refractivity (Wildman–Crippen MR) is 95.3 cm³/mol. The van der Waals surface area contributed by atoms with E-state index in [0.29, 0.717) is 24.5 Å². The van der Waals surface area contributed by atoms with Crippen LogP contribution < -0.4 is 10.3 Å². The first-order valence-corrected chi connectivity index (χ1v) is 8.86. The summed E-state index contributed by atoms with van der Waals surface area (Å²) in [6.45, 7) is 2.87. The van der Waals surface area contributed by atoms with Crippen LogP contribution in [0.3, 0.4) is 0 Å². The van der Waals surface area contributed by atoms with Crippen molar-refractivity contribution in [3.63, 3.8) is 0 Å². The number of pyridine rings is 1. The predicted octanol–water partition coefficient (Wildman–Crippen LogP) is 1.48. The van der Waals surface area contributed by atoms with E-state index in [2.05, 4.69) is 16.0 Å². The number of hydrogen-bond acceptors (Lipinski definition) is 5. The highest BCUT2D eigenvalue weighted by atomic mass is 16.5. The highest BCUT2D eigenvalue weighted by Crippen LogP contribution is 2.30. The fourth-order valence-corrected chi connectivity index (χ4v) is 4.04. The zero-order valence-corrected chi connectivity index (χ0v) is 14.4. The normalized spacial score (nSPS) is 25.5. The van der Waals surface area contributed by atoms with Gasteiger partial charge in [0, 0.05) is 17.0 Å². The second kappa shape index (κ2) is 6.78. The van der Waals surface area contributed by atoms with Gasteiger partial charge in [0.15, 0.2) is 0 Å². The molecule has 0 amide bonds. The van der Waals surface area contributed by atoms with Crippen molar-refractivity contribution in [1.82, 2.24) is 9.88 Å². The van der Waals surface area contributed by atoms with Crippen molar-refractivity contribution in [3.05, 3.63) is 40.3 Å². The number of hydrogen-bond donors (Lipinski definition) is 2. The van der Waals surface area contributed by atoms with E-state index in [1.54, 1.807) is 13.2 Å². The molecule has 0 bridgehead atoms. The van der Waals surface area contributed by atoms with Crippen LogP contribution in [0.4, 0.5) is 0 Å². The number of fused-ring (bicyclic) bond motifs is 1. The third-order valence-corrected chi connectivity index (χ3v) is 5.53. The molecule has 2 aliphatic heterocycles. The van der Waals surface area contributed by atoms with E-state index >= 15 is 0 Å². The third-order valence-electron chi connectivity index (χ3n) is 5.53. The number of nitrogens with zero attached hydrogens (tertiary/aromatic N) is 1. The first kappa shape index (κ1) is 16.6. The number of rotatable bonds is 3. The smallest absolute Gasteiger partial charge is 0.256 e. The fourth-order valence-electron chi connectivity index (χ4n) is 4.04. The number of aromatic amines is 1. The minimum Gasteiger partial charge on any atom is -0.497 e. The quantitative estimate of drug-likeness (QED) is 0.882. The maximum absolute atomic E-state index is 12.4. The van der Waals surface area contributed by atoms with Crippen LogP contribution in [0.15, 0.2) is 29.1 Å². The lowest BCUT2D eigenvalue weighted by atomic mass is 9.91. The van der Waals surface area contributed by atoms with Crippen LogP contribution in [-0.2, 0) is 4.74 Å². The van der Waals surface area contributed by atoms with Crippen molar-refractivity contribution in [2.75, 3.05) is 33.4 Å². The largest absolute Gasteiger partial charge is 0.497 e. The van der Waals surface area contributed by atoms with E-state index in [1.807, 2.05) is 12.1 Å². The number of aromatic nitrogens is 1. The molecule has 6 heteroatoms. The van der Waals surface area contributed by atoms with Gasteiger partial charge in [0.1, 0.15) is 5.75 Å². The van der Waals surface area contributed by atoms with Crippen LogP contribution in [0.2, 0.25) is 0 Å². The maximum atomic E-state index is 12.4. The molecular weight excluding hydrogens is 320 g/mol. The Kier molecular flexibility index (Phi) is 4.50. The van der Waals surface area contributed by atoms with E-state index in [0.717, 1.165) is 42.8 Å². The summed E-state index contributed by atoms with van der Waals surface area (Å²) in [4.78, 5) is 17.8. The van der Waals surface area contributed by atoms with Crippen molar-refractivity contribution in [3.8, 4) is 5.75 Å². The Morgan fingerprint density at radius 3 is 2.72 bits per heavy atom. The van der Waals surface area contributed by atoms with E-state index < -0.39 is 0 Å². The molecule has 2 saturated heterocycles. The van der Waals surface area contributed by atoms with Gasteiger partial charge in [-0.2, -0.15) is 0 Å². The lowest BCUT2D eigenvalue weighted by Crippen LogP contribution is -2.46. The lowest BCUT2D eigenvalue weighted by molar-refractivity contribution is 0.0660. The van der Waals surface area contributed by atoms with Crippen molar-refractivity contribution >= 4 is 10.8 Å². The van der Waals surface area contributed by atoms with Gasteiger partial charge in [-0.15, -0.1) is 0 Å². The number of likely N-dealkylation sites (tertiary alicyclic amines) is 1. The molecule has 0 aliphatic carbocycles. The van der Waals surface area contributed by atoms with Gasteiger partial charge in [-0.05, 0) is 55.6 Å². The average molecular weight is 344 g/mol. The number of ether oxygens (including phenoxy) is 2. The van der Waals surface area contributed by atoms with Crippen LogP contribution in [0.1, 0.15) is 24.5 Å². The lowest BCUT2D eigenvalue weighted by Gasteiger charge is -2.36. The standard InChI is InChI=1S/C19H24N2O4/c1-24-14-2-3-15-13(8-14)9-16(20-19(15)23)12-4-6-21(7-5-12)17-10-25-11-18(17)22/h2-3,8-9,12,17-18,22H,4-7,10-11H2,1H3,(H,20,23)/t17-,18-/m0/s1. The summed E-state index contributed by atoms with van der Waals surface area (Å²) >= 11 is 0. The Labute approximate surface area is 146 Å². The summed E-state index contributed by atoms with van der Waals surface area (Å²) in [7, 11) is 1.63. The van der Waals surface area contributed by atoms with Crippen molar-refractivity contribution < 1.29 is 14.6 Å². The van der Waals surface area contributed by atoms with Gasteiger partial charge in [-0.3, -0.25) is 9.69 Å². The molecule has 3 heterocycles. The minimum absolute atomic E-state index is 0.0443. The van der Waals surface area contributed by atoms with Crippen LogP contribution in [0.5, 0.6) is 5.75 Å². The highest BCUT2D eigenvalue weighted by molar-refractivity contribution is 5.83. The average Bonchev–Trinajstić information content (AvgIpc) is 3.07. The number of aliphatic hydroxyl groups is 1. The summed E-state index contributed by atoms with van der Waals surface area (Å²) < 4.78 is 10.6. The van der Waals surface area contributed by atoms with E-state index in [1.165, 1.54) is 0 Å². The topological polar surface area (TPSA) is 74.8 Å². The van der Waals surface area contributed by atoms with Crippen LogP contribution in [-0.4, -0.2) is 60.5 Å². The van der Waals surface area contributed by atoms with Gasteiger partial charge in [-0.1, -0.05) is 0 Å². The van der Waals surface area contributed by atoms with Gasteiger partial charge in [-0.25, -0.2) is 0 Å². The Morgan fingerprint density at radius 1 is 1.24 bits per heavy atom. The first-order valence-electron chi connectivity index (χ1n) is 8.86. The maximum Gasteiger partial charge on any atom is 0.256 e. The molecule has 1 aromatic carbocycles. The molecule has 2 atom stereocenters. The SMILES string of the molecule is COc1ccc2c(=O)[nH]c(C3CCN([C@H]4COC[C@@H]4O)CC3)cc2c1. The third kappa shape index (κ3) is 3.17. The number of aliphatic hydroxyl groups excluding tert-OH is 1. The monoisotopic (exact) mass is 344 g/mol. The Hall–Kier alpha value is -1.89. The number of methoxy groups -OCH3 is 1. The second-order valence-electron chi connectivity index (χ2n) is 6.99. The summed E-state index contributed by atoms with van der Waals surface area (Å²) in [5.41, 5.74) is 0.950. The Morgan fingerprint density at radius 2 is 2.04 bits per heavy atom. The number of H-pyrrole nitrogens is 1. The molecule has 2 fully saturated rings. The van der Waals surface area contributed by atoms with Crippen molar-refractivity contribution in [2.24, 2.45) is 0 Å². The first-order chi connectivity index (χ1) is 12.2. The molecule has 6 nitrogen and oxygen atoms in total. The van der Waals surface area contributed by atoms with Gasteiger partial charge in [0.05, 0.1) is 32.5 Å². The fraction of sp³-hybridized carbons (Fsp3) is 0.526. The molecule has 2 N–H and O–H groups in total. The summed E-state index contributed by atoms with van der Waals surface area (Å²) in [6, 6.07) is 7.72. The van der Waals surface area contributed by atoms with Gasteiger partial charge >= 0.3 is 0 Å². The molecule has 0 unspecified atom stereocenters. The molecule has 1 aromatic heterocycles. The Bertz CT molecular complexity index is 811. The van der Waals surface area contributed by atoms with Gasteiger partial charge < -0.3 is 19.6 Å². The number of piperidine rings is 1. The van der Waals surface area contributed by atoms with Gasteiger partial charge in [0.2, 0.25) is 0 Å².